The Balaban J connectivity index is 0.000000412. The van der Waals surface area contributed by atoms with Gasteiger partial charge in [0.05, 0.1) is 12.2 Å². The zero-order valence-corrected chi connectivity index (χ0v) is 25.3. The third-order valence-corrected chi connectivity index (χ3v) is 10.9. The van der Waals surface area contributed by atoms with Crippen LogP contribution in [0.4, 0.5) is 0 Å². The van der Waals surface area contributed by atoms with E-state index in [4.69, 9.17) is 19.4 Å². The van der Waals surface area contributed by atoms with Gasteiger partial charge in [0.2, 0.25) is 0 Å². The Morgan fingerprint density at radius 2 is 1.73 bits per heavy atom. The summed E-state index contributed by atoms with van der Waals surface area (Å²) in [5, 5.41) is 9.02. The molecule has 37 heavy (non-hydrogen) atoms. The highest BCUT2D eigenvalue weighted by Gasteiger charge is 2.57. The molecular formula is C32H61NO4. The van der Waals surface area contributed by atoms with Crippen molar-refractivity contribution >= 4 is 6.79 Å². The lowest BCUT2D eigenvalue weighted by Crippen LogP contribution is -2.60. The molecule has 0 bridgehead atoms. The van der Waals surface area contributed by atoms with E-state index >= 15 is 0 Å². The van der Waals surface area contributed by atoms with Gasteiger partial charge in [-0.1, -0.05) is 27.2 Å². The van der Waals surface area contributed by atoms with Gasteiger partial charge in [-0.15, -0.1) is 0 Å². The zero-order valence-electron chi connectivity index (χ0n) is 25.3. The van der Waals surface area contributed by atoms with Gasteiger partial charge in [0.1, 0.15) is 6.79 Å². The largest absolute Gasteiger partial charge is 0.396 e. The highest BCUT2D eigenvalue weighted by molar-refractivity contribution is 5.11. The Kier molecular flexibility index (Phi) is 14.1. The molecule has 0 aromatic rings. The number of hydrogen-bond acceptors (Lipinski definition) is 5. The Morgan fingerprint density at radius 3 is 2.35 bits per heavy atom. The van der Waals surface area contributed by atoms with E-state index in [1.54, 1.807) is 0 Å². The van der Waals surface area contributed by atoms with Gasteiger partial charge in [0.25, 0.3) is 0 Å². The Labute approximate surface area is 229 Å². The average molecular weight is 524 g/mol. The predicted octanol–water partition coefficient (Wildman–Crippen LogP) is 6.90. The molecule has 0 amide bonds. The first-order chi connectivity index (χ1) is 17.9. The molecule has 218 valence electrons. The molecule has 0 aromatic heterocycles. The van der Waals surface area contributed by atoms with E-state index in [2.05, 4.69) is 32.7 Å². The topological polar surface area (TPSA) is 59.0 Å². The van der Waals surface area contributed by atoms with E-state index in [1.165, 1.54) is 83.6 Å². The molecule has 0 spiro atoms. The van der Waals surface area contributed by atoms with Gasteiger partial charge in [-0.3, -0.25) is 0 Å². The first kappa shape index (κ1) is 32.7. The molecule has 8 unspecified atom stereocenters. The van der Waals surface area contributed by atoms with Crippen molar-refractivity contribution in [1.29, 1.82) is 0 Å². The number of rotatable bonds is 4. The van der Waals surface area contributed by atoms with Crippen LogP contribution in [0.15, 0.2) is 0 Å². The van der Waals surface area contributed by atoms with Gasteiger partial charge in [0, 0.05) is 25.4 Å². The number of nitrogens with zero attached hydrogens (tertiary/aromatic N) is 1. The second kappa shape index (κ2) is 15.9. The van der Waals surface area contributed by atoms with Crippen LogP contribution in [0.2, 0.25) is 0 Å². The molecule has 1 N–H and O–H groups in total. The minimum absolute atomic E-state index is 0.256. The van der Waals surface area contributed by atoms with Crippen LogP contribution < -0.4 is 0 Å². The first-order valence-electron chi connectivity index (χ1n) is 15.7. The van der Waals surface area contributed by atoms with Gasteiger partial charge in [-0.2, -0.15) is 0 Å². The smallest absolute Gasteiger partial charge is 0.106 e. The van der Waals surface area contributed by atoms with Crippen LogP contribution >= 0.6 is 0 Å². The van der Waals surface area contributed by atoms with Gasteiger partial charge < -0.3 is 24.3 Å². The maximum absolute atomic E-state index is 9.02. The number of aliphatic hydroxyl groups excluding tert-OH is 1. The lowest BCUT2D eigenvalue weighted by Gasteiger charge is -2.62. The molecule has 8 atom stereocenters. The summed E-state index contributed by atoms with van der Waals surface area (Å²) in [5.41, 5.74) is 0.997. The summed E-state index contributed by atoms with van der Waals surface area (Å²) in [7, 11) is 2.40. The van der Waals surface area contributed by atoms with E-state index in [1.807, 2.05) is 20.6 Å². The lowest BCUT2D eigenvalue weighted by molar-refractivity contribution is -0.139. The van der Waals surface area contributed by atoms with Crippen molar-refractivity contribution < 1.29 is 19.4 Å². The SMILES string of the molecule is C=O.CC.CC1CCCO1.CN1CCCCC2C3CCC4CC(OCCCO)CCC4(C)C3CCC21C. The molecule has 5 aliphatic rings. The van der Waals surface area contributed by atoms with Crippen LogP contribution in [-0.2, 0) is 14.3 Å². The monoisotopic (exact) mass is 523 g/mol. The number of likely N-dealkylation sites (tertiary alicyclic amines) is 1. The van der Waals surface area contributed by atoms with Crippen LogP contribution in [-0.4, -0.2) is 68.0 Å². The van der Waals surface area contributed by atoms with Crippen molar-refractivity contribution in [2.24, 2.45) is 29.1 Å². The fraction of sp³-hybridized carbons (Fsp3) is 0.969. The Hall–Kier alpha value is -0.490. The second-order valence-corrected chi connectivity index (χ2v) is 12.6. The third kappa shape index (κ3) is 7.80. The van der Waals surface area contributed by atoms with Gasteiger partial charge in [0.15, 0.2) is 0 Å². The van der Waals surface area contributed by atoms with E-state index in [-0.39, 0.29) is 6.61 Å². The van der Waals surface area contributed by atoms with Crippen LogP contribution in [0.3, 0.4) is 0 Å². The highest BCUT2D eigenvalue weighted by atomic mass is 16.5. The number of carbonyl (C=O) groups excluding carboxylic acids is 1. The number of ether oxygens (including phenoxy) is 2. The second-order valence-electron chi connectivity index (χ2n) is 12.6. The molecule has 2 heterocycles. The molecule has 3 saturated carbocycles. The van der Waals surface area contributed by atoms with E-state index in [0.717, 1.165) is 43.3 Å². The third-order valence-electron chi connectivity index (χ3n) is 10.9. The van der Waals surface area contributed by atoms with Crippen LogP contribution in [0, 0.1) is 29.1 Å². The summed E-state index contributed by atoms with van der Waals surface area (Å²) in [6.07, 6.45) is 18.2. The van der Waals surface area contributed by atoms with Gasteiger partial charge in [-0.05, 0) is 134 Å². The molecule has 0 aromatic carbocycles. The van der Waals surface area contributed by atoms with Crippen molar-refractivity contribution in [3.05, 3.63) is 0 Å². The predicted molar refractivity (Wildman–Crippen MR) is 154 cm³/mol. The summed E-state index contributed by atoms with van der Waals surface area (Å²) in [5.74, 6) is 3.68. The standard InChI is InChI=1S/C24H43NO2.C5H10O.C2H6.CH2O/c1-23-12-10-19(27-16-6-15-26)17-18(23)8-9-20-21(23)11-13-24(2)22(20)7-4-5-14-25(24)3;1-5-3-2-4-6-5;2*1-2/h18-22,26H,4-17H2,1-3H3;5H,2-4H2,1H3;1-2H3;1H2. The van der Waals surface area contributed by atoms with E-state index in [0.29, 0.717) is 23.2 Å². The van der Waals surface area contributed by atoms with E-state index in [9.17, 15) is 0 Å². The molecule has 0 radical (unpaired) electrons. The highest BCUT2D eigenvalue weighted by Crippen LogP contribution is 2.63. The number of fused-ring (bicyclic) bond motifs is 5. The van der Waals surface area contributed by atoms with E-state index < -0.39 is 0 Å². The quantitative estimate of drug-likeness (QED) is 0.406. The maximum atomic E-state index is 9.02. The fourth-order valence-electron chi connectivity index (χ4n) is 8.69. The summed E-state index contributed by atoms with van der Waals surface area (Å²) in [6, 6.07) is 0. The number of carbonyl (C=O) groups is 1. The van der Waals surface area contributed by atoms with Gasteiger partial charge in [-0.25, -0.2) is 0 Å². The molecule has 5 heteroatoms. The summed E-state index contributed by atoms with van der Waals surface area (Å²) in [6.45, 7) is 16.7. The molecule has 5 fully saturated rings. The molecule has 5 rings (SSSR count). The molecule has 2 aliphatic heterocycles. The van der Waals surface area contributed by atoms with Crippen LogP contribution in [0.25, 0.3) is 0 Å². The normalized spacial score (nSPS) is 41.1. The summed E-state index contributed by atoms with van der Waals surface area (Å²) < 4.78 is 11.3. The first-order valence-corrected chi connectivity index (χ1v) is 15.7. The van der Waals surface area contributed by atoms with Crippen molar-refractivity contribution in [3.8, 4) is 0 Å². The fourth-order valence-corrected chi connectivity index (χ4v) is 8.69. The maximum Gasteiger partial charge on any atom is 0.106 e. The zero-order chi connectivity index (χ0) is 27.5. The molecule has 3 aliphatic carbocycles. The van der Waals surface area contributed by atoms with Crippen molar-refractivity contribution in [2.75, 3.05) is 33.4 Å². The Bertz CT molecular complexity index is 626. The molecule has 5 nitrogen and oxygen atoms in total. The van der Waals surface area contributed by atoms with Crippen molar-refractivity contribution in [2.45, 2.75) is 136 Å². The average Bonchev–Trinajstić information content (AvgIpc) is 3.35. The van der Waals surface area contributed by atoms with Crippen molar-refractivity contribution in [3.63, 3.8) is 0 Å². The summed E-state index contributed by atoms with van der Waals surface area (Å²) in [4.78, 5) is 10.7. The Morgan fingerprint density at radius 1 is 0.973 bits per heavy atom. The minimum atomic E-state index is 0.256. The number of aliphatic hydroxyl groups is 1. The minimum Gasteiger partial charge on any atom is -0.396 e. The number of hydrogen-bond donors (Lipinski definition) is 1. The van der Waals surface area contributed by atoms with Gasteiger partial charge >= 0.3 is 0 Å². The van der Waals surface area contributed by atoms with Crippen LogP contribution in [0.5, 0.6) is 0 Å². The summed E-state index contributed by atoms with van der Waals surface area (Å²) >= 11 is 0. The van der Waals surface area contributed by atoms with Crippen LogP contribution in [0.1, 0.15) is 118 Å². The molecular weight excluding hydrogens is 462 g/mol. The van der Waals surface area contributed by atoms with Crippen molar-refractivity contribution in [1.82, 2.24) is 4.90 Å². The molecule has 2 saturated heterocycles. The lowest BCUT2D eigenvalue weighted by atomic mass is 9.45.